The summed E-state index contributed by atoms with van der Waals surface area (Å²) in [5.74, 6) is 0.873. The zero-order chi connectivity index (χ0) is 13.4. The molecule has 1 aliphatic heterocycles. The molecule has 2 atom stereocenters. The van der Waals surface area contributed by atoms with Gasteiger partial charge in [0, 0.05) is 12.1 Å². The van der Waals surface area contributed by atoms with Crippen LogP contribution in [0, 0.1) is 5.92 Å². The highest BCUT2D eigenvalue weighted by Gasteiger charge is 2.46. The van der Waals surface area contributed by atoms with Crippen LogP contribution in [-0.4, -0.2) is 23.3 Å². The number of rotatable bonds is 3. The Labute approximate surface area is 113 Å². The molecule has 2 rings (SSSR count). The maximum absolute atomic E-state index is 6.17. The second-order valence-corrected chi connectivity index (χ2v) is 7.58. The fraction of sp³-hybridized carbons (Fsp3) is 1.00. The van der Waals surface area contributed by atoms with E-state index in [0.29, 0.717) is 12.1 Å². The summed E-state index contributed by atoms with van der Waals surface area (Å²) in [4.78, 5) is 0. The van der Waals surface area contributed by atoms with E-state index < -0.39 is 0 Å². The van der Waals surface area contributed by atoms with E-state index in [-0.39, 0.29) is 11.2 Å². The lowest BCUT2D eigenvalue weighted by atomic mass is 9.83. The summed E-state index contributed by atoms with van der Waals surface area (Å²) in [5, 5.41) is 3.87. The summed E-state index contributed by atoms with van der Waals surface area (Å²) in [6, 6.07) is 1.12. The van der Waals surface area contributed by atoms with Gasteiger partial charge in [0.25, 0.3) is 0 Å². The molecule has 0 amide bonds. The van der Waals surface area contributed by atoms with Crippen LogP contribution in [0.4, 0.5) is 0 Å². The third-order valence-corrected chi connectivity index (χ3v) is 4.90. The van der Waals surface area contributed by atoms with Gasteiger partial charge in [0.1, 0.15) is 0 Å². The fourth-order valence-corrected chi connectivity index (χ4v) is 3.91. The molecule has 0 aromatic carbocycles. The van der Waals surface area contributed by atoms with Crippen molar-refractivity contribution in [3.8, 4) is 0 Å². The first-order valence-corrected chi connectivity index (χ1v) is 7.76. The van der Waals surface area contributed by atoms with Crippen molar-refractivity contribution in [2.24, 2.45) is 5.92 Å². The number of hydrogen-bond donors (Lipinski definition) is 1. The third kappa shape index (κ3) is 3.27. The quantitative estimate of drug-likeness (QED) is 0.824. The van der Waals surface area contributed by atoms with Crippen LogP contribution in [0.1, 0.15) is 73.1 Å². The minimum atomic E-state index is -0.0353. The second-order valence-electron chi connectivity index (χ2n) is 7.58. The third-order valence-electron chi connectivity index (χ3n) is 4.90. The Balaban J connectivity index is 1.92. The van der Waals surface area contributed by atoms with E-state index in [1.54, 1.807) is 0 Å². The molecule has 0 aromatic rings. The van der Waals surface area contributed by atoms with E-state index in [4.69, 9.17) is 4.74 Å². The molecule has 0 bridgehead atoms. The molecule has 0 radical (unpaired) electrons. The van der Waals surface area contributed by atoms with Crippen LogP contribution < -0.4 is 5.32 Å². The first kappa shape index (κ1) is 14.3. The lowest BCUT2D eigenvalue weighted by molar-refractivity contribution is -0.0708. The summed E-state index contributed by atoms with van der Waals surface area (Å²) in [5.41, 5.74) is -0.0140. The molecule has 1 N–H and O–H groups in total. The van der Waals surface area contributed by atoms with Gasteiger partial charge in [-0.25, -0.2) is 0 Å². The van der Waals surface area contributed by atoms with E-state index in [0.717, 1.165) is 12.3 Å². The lowest BCUT2D eigenvalue weighted by Gasteiger charge is -2.34. The molecule has 1 heterocycles. The normalized spacial score (nSPS) is 33.5. The van der Waals surface area contributed by atoms with Crippen LogP contribution in [0.25, 0.3) is 0 Å². The van der Waals surface area contributed by atoms with Gasteiger partial charge >= 0.3 is 0 Å². The maximum Gasteiger partial charge on any atom is 0.0787 e. The van der Waals surface area contributed by atoms with E-state index in [1.165, 1.54) is 32.1 Å². The molecule has 1 saturated heterocycles. The van der Waals surface area contributed by atoms with Gasteiger partial charge in [0.2, 0.25) is 0 Å². The average molecular weight is 253 g/mol. The molecule has 2 nitrogen and oxygen atoms in total. The minimum absolute atomic E-state index is 0.0213. The molecule has 1 unspecified atom stereocenters. The molecule has 1 aliphatic carbocycles. The highest BCUT2D eigenvalue weighted by Crippen LogP contribution is 2.38. The zero-order valence-electron chi connectivity index (χ0n) is 12.9. The van der Waals surface area contributed by atoms with Gasteiger partial charge in [-0.1, -0.05) is 19.3 Å². The average Bonchev–Trinajstić information content (AvgIpc) is 2.48. The van der Waals surface area contributed by atoms with Crippen LogP contribution >= 0.6 is 0 Å². The van der Waals surface area contributed by atoms with E-state index in [2.05, 4.69) is 39.9 Å². The highest BCUT2D eigenvalue weighted by molar-refractivity contribution is 5.00. The Bertz CT molecular complexity index is 279. The topological polar surface area (TPSA) is 21.3 Å². The van der Waals surface area contributed by atoms with Crippen molar-refractivity contribution in [1.29, 1.82) is 0 Å². The van der Waals surface area contributed by atoms with Crippen molar-refractivity contribution in [1.82, 2.24) is 5.32 Å². The Morgan fingerprint density at radius 2 is 1.67 bits per heavy atom. The second kappa shape index (κ2) is 5.13. The molecule has 0 aromatic heterocycles. The Morgan fingerprint density at radius 1 is 1.06 bits per heavy atom. The molecular weight excluding hydrogens is 222 g/mol. The van der Waals surface area contributed by atoms with Crippen LogP contribution in [-0.2, 0) is 4.74 Å². The van der Waals surface area contributed by atoms with Gasteiger partial charge in [-0.15, -0.1) is 0 Å². The van der Waals surface area contributed by atoms with Crippen LogP contribution in [0.15, 0.2) is 0 Å². The number of ether oxygens (including phenoxy) is 1. The highest BCUT2D eigenvalue weighted by atomic mass is 16.5. The molecule has 2 aliphatic rings. The standard InChI is InChI=1S/C16H31NO/c1-12(13-9-7-6-8-10-13)17-14-11-15(2,3)18-16(14,4)5/h12-14,17H,6-11H2,1-5H3/t12-,14?/m1/s1. The Kier molecular flexibility index (Phi) is 4.08. The first-order chi connectivity index (χ1) is 8.30. The van der Waals surface area contributed by atoms with Gasteiger partial charge in [-0.2, -0.15) is 0 Å². The van der Waals surface area contributed by atoms with Crippen molar-refractivity contribution in [2.75, 3.05) is 0 Å². The molecule has 0 spiro atoms. The van der Waals surface area contributed by atoms with Crippen molar-refractivity contribution in [2.45, 2.75) is 96.4 Å². The van der Waals surface area contributed by atoms with Gasteiger partial charge < -0.3 is 10.1 Å². The summed E-state index contributed by atoms with van der Waals surface area (Å²) in [7, 11) is 0. The van der Waals surface area contributed by atoms with Crippen LogP contribution in [0.2, 0.25) is 0 Å². The van der Waals surface area contributed by atoms with Gasteiger partial charge in [0.05, 0.1) is 11.2 Å². The summed E-state index contributed by atoms with van der Waals surface area (Å²) in [6.07, 6.45) is 8.22. The van der Waals surface area contributed by atoms with Crippen molar-refractivity contribution in [3.05, 3.63) is 0 Å². The van der Waals surface area contributed by atoms with Crippen molar-refractivity contribution >= 4 is 0 Å². The summed E-state index contributed by atoms with van der Waals surface area (Å²) >= 11 is 0. The monoisotopic (exact) mass is 253 g/mol. The van der Waals surface area contributed by atoms with E-state index in [1.807, 2.05) is 0 Å². The first-order valence-electron chi connectivity index (χ1n) is 7.76. The van der Waals surface area contributed by atoms with Crippen LogP contribution in [0.3, 0.4) is 0 Å². The zero-order valence-corrected chi connectivity index (χ0v) is 12.9. The summed E-state index contributed by atoms with van der Waals surface area (Å²) < 4.78 is 6.17. The van der Waals surface area contributed by atoms with Gasteiger partial charge in [0.15, 0.2) is 0 Å². The Morgan fingerprint density at radius 3 is 2.17 bits per heavy atom. The molecule has 106 valence electrons. The largest absolute Gasteiger partial charge is 0.368 e. The van der Waals surface area contributed by atoms with Crippen molar-refractivity contribution in [3.63, 3.8) is 0 Å². The Hall–Kier alpha value is -0.0800. The fourth-order valence-electron chi connectivity index (χ4n) is 3.91. The van der Waals surface area contributed by atoms with Crippen LogP contribution in [0.5, 0.6) is 0 Å². The van der Waals surface area contributed by atoms with E-state index in [9.17, 15) is 0 Å². The predicted molar refractivity (Wildman–Crippen MR) is 76.8 cm³/mol. The predicted octanol–water partition coefficient (Wildman–Crippen LogP) is 3.89. The summed E-state index contributed by atoms with van der Waals surface area (Å²) in [6.45, 7) is 11.3. The number of nitrogens with one attached hydrogen (secondary N) is 1. The van der Waals surface area contributed by atoms with Gasteiger partial charge in [-0.05, 0) is 59.8 Å². The maximum atomic E-state index is 6.17. The van der Waals surface area contributed by atoms with Gasteiger partial charge in [-0.3, -0.25) is 0 Å². The van der Waals surface area contributed by atoms with E-state index >= 15 is 0 Å². The SMILES string of the molecule is C[C@@H](NC1CC(C)(C)OC1(C)C)C1CCCCC1. The molecule has 1 saturated carbocycles. The molecule has 18 heavy (non-hydrogen) atoms. The minimum Gasteiger partial charge on any atom is -0.368 e. The van der Waals surface area contributed by atoms with Crippen molar-refractivity contribution < 1.29 is 4.74 Å². The lowest BCUT2D eigenvalue weighted by Crippen LogP contribution is -2.49. The smallest absolute Gasteiger partial charge is 0.0787 e. The number of hydrogen-bond acceptors (Lipinski definition) is 2. The molecular formula is C16H31NO. The molecule has 2 fully saturated rings. The molecule has 2 heteroatoms.